The van der Waals surface area contributed by atoms with Gasteiger partial charge in [-0.15, -0.1) is 0 Å². The molecular formula is C10H9BrN2O. The second kappa shape index (κ2) is 4.37. The van der Waals surface area contributed by atoms with E-state index in [4.69, 9.17) is 4.52 Å². The first-order valence-corrected chi connectivity index (χ1v) is 5.42. The fourth-order valence-electron chi connectivity index (χ4n) is 1.19. The van der Waals surface area contributed by atoms with Crippen LogP contribution in [-0.2, 0) is 11.8 Å². The number of hydrogen-bond acceptors (Lipinski definition) is 3. The Morgan fingerprint density at radius 1 is 1.21 bits per heavy atom. The van der Waals surface area contributed by atoms with Crippen LogP contribution < -0.4 is 0 Å². The average Bonchev–Trinajstić information content (AvgIpc) is 2.67. The van der Waals surface area contributed by atoms with Gasteiger partial charge in [-0.05, 0) is 5.56 Å². The van der Waals surface area contributed by atoms with Crippen LogP contribution in [0.4, 0.5) is 0 Å². The van der Waals surface area contributed by atoms with E-state index in [2.05, 4.69) is 26.1 Å². The van der Waals surface area contributed by atoms with Gasteiger partial charge >= 0.3 is 0 Å². The maximum atomic E-state index is 4.98. The monoisotopic (exact) mass is 252 g/mol. The maximum Gasteiger partial charge on any atom is 0.237 e. The number of aromatic nitrogens is 2. The third-order valence-electron chi connectivity index (χ3n) is 1.83. The van der Waals surface area contributed by atoms with Crippen LogP contribution in [0.15, 0.2) is 34.9 Å². The van der Waals surface area contributed by atoms with Crippen LogP contribution in [0.25, 0.3) is 0 Å². The molecule has 0 amide bonds. The molecule has 0 radical (unpaired) electrons. The lowest BCUT2D eigenvalue weighted by Gasteiger charge is -1.93. The Bertz CT molecular complexity index is 400. The van der Waals surface area contributed by atoms with Crippen molar-refractivity contribution in [2.24, 2.45) is 0 Å². The summed E-state index contributed by atoms with van der Waals surface area (Å²) in [5.74, 6) is 1.35. The van der Waals surface area contributed by atoms with Gasteiger partial charge in [0.2, 0.25) is 5.89 Å². The van der Waals surface area contributed by atoms with Crippen molar-refractivity contribution in [3.63, 3.8) is 0 Å². The second-order valence-corrected chi connectivity index (χ2v) is 3.46. The Hall–Kier alpha value is -1.16. The molecule has 2 aromatic rings. The number of alkyl halides is 1. The number of rotatable bonds is 3. The van der Waals surface area contributed by atoms with E-state index in [1.165, 1.54) is 5.56 Å². The van der Waals surface area contributed by atoms with Gasteiger partial charge in [-0.2, -0.15) is 4.98 Å². The van der Waals surface area contributed by atoms with E-state index in [1.807, 2.05) is 30.3 Å². The second-order valence-electron chi connectivity index (χ2n) is 2.90. The molecule has 0 aliphatic rings. The Labute approximate surface area is 90.3 Å². The molecule has 1 aromatic heterocycles. The summed E-state index contributed by atoms with van der Waals surface area (Å²) in [5.41, 5.74) is 1.19. The van der Waals surface area contributed by atoms with Crippen molar-refractivity contribution in [1.82, 2.24) is 10.1 Å². The molecule has 14 heavy (non-hydrogen) atoms. The Morgan fingerprint density at radius 2 is 2.00 bits per heavy atom. The van der Waals surface area contributed by atoms with E-state index in [0.29, 0.717) is 11.2 Å². The van der Waals surface area contributed by atoms with Gasteiger partial charge < -0.3 is 4.52 Å². The molecule has 1 heterocycles. The Kier molecular flexibility index (Phi) is 2.93. The molecule has 0 aliphatic heterocycles. The zero-order chi connectivity index (χ0) is 9.80. The fourth-order valence-corrected chi connectivity index (χ4v) is 1.42. The summed E-state index contributed by atoms with van der Waals surface area (Å²) in [5, 5.41) is 4.47. The van der Waals surface area contributed by atoms with E-state index in [-0.39, 0.29) is 0 Å². The van der Waals surface area contributed by atoms with Gasteiger partial charge in [0, 0.05) is 6.42 Å². The average molecular weight is 253 g/mol. The van der Waals surface area contributed by atoms with E-state index < -0.39 is 0 Å². The smallest absolute Gasteiger partial charge is 0.237 e. The molecule has 0 saturated carbocycles. The Balaban J connectivity index is 2.11. The van der Waals surface area contributed by atoms with Gasteiger partial charge in [0.05, 0.1) is 5.33 Å². The van der Waals surface area contributed by atoms with Crippen molar-refractivity contribution in [1.29, 1.82) is 0 Å². The van der Waals surface area contributed by atoms with Crippen LogP contribution >= 0.6 is 15.9 Å². The minimum Gasteiger partial charge on any atom is -0.338 e. The molecule has 0 unspecified atom stereocenters. The van der Waals surface area contributed by atoms with Gasteiger partial charge in [-0.1, -0.05) is 51.4 Å². The predicted octanol–water partition coefficient (Wildman–Crippen LogP) is 2.56. The van der Waals surface area contributed by atoms with Crippen LogP contribution in [-0.4, -0.2) is 10.1 Å². The summed E-state index contributed by atoms with van der Waals surface area (Å²) in [6, 6.07) is 10.1. The number of benzene rings is 1. The lowest BCUT2D eigenvalue weighted by Crippen LogP contribution is -1.90. The van der Waals surface area contributed by atoms with Crippen LogP contribution in [0, 0.1) is 0 Å². The third kappa shape index (κ3) is 2.20. The van der Waals surface area contributed by atoms with Gasteiger partial charge in [-0.3, -0.25) is 0 Å². The van der Waals surface area contributed by atoms with E-state index in [1.54, 1.807) is 0 Å². The highest BCUT2D eigenvalue weighted by molar-refractivity contribution is 9.08. The number of hydrogen-bond donors (Lipinski definition) is 0. The minimum atomic E-state index is 0.606. The minimum absolute atomic E-state index is 0.606. The largest absolute Gasteiger partial charge is 0.338 e. The number of nitrogens with zero attached hydrogens (tertiary/aromatic N) is 2. The molecule has 0 saturated heterocycles. The highest BCUT2D eigenvalue weighted by Gasteiger charge is 2.04. The van der Waals surface area contributed by atoms with Crippen molar-refractivity contribution in [2.45, 2.75) is 11.8 Å². The highest BCUT2D eigenvalue weighted by atomic mass is 79.9. The summed E-state index contributed by atoms with van der Waals surface area (Å²) >= 11 is 3.26. The molecule has 0 fully saturated rings. The molecule has 3 nitrogen and oxygen atoms in total. The molecule has 0 atom stereocenters. The quantitative estimate of drug-likeness (QED) is 0.789. The molecule has 2 rings (SSSR count). The van der Waals surface area contributed by atoms with E-state index in [0.717, 1.165) is 12.2 Å². The van der Waals surface area contributed by atoms with Gasteiger partial charge in [0.15, 0.2) is 5.82 Å². The van der Waals surface area contributed by atoms with Crippen molar-refractivity contribution in [3.05, 3.63) is 47.6 Å². The van der Waals surface area contributed by atoms with Crippen LogP contribution in [0.3, 0.4) is 0 Å². The lowest BCUT2D eigenvalue weighted by molar-refractivity contribution is 0.386. The van der Waals surface area contributed by atoms with Gasteiger partial charge in [0.1, 0.15) is 0 Å². The summed E-state index contributed by atoms with van der Waals surface area (Å²) < 4.78 is 4.98. The standard InChI is InChI=1S/C10H9BrN2O/c11-7-10-12-9(13-14-10)6-8-4-2-1-3-5-8/h1-5H,6-7H2. The zero-order valence-electron chi connectivity index (χ0n) is 7.48. The molecule has 0 spiro atoms. The summed E-state index contributed by atoms with van der Waals surface area (Å²) in [6.07, 6.45) is 0.720. The highest BCUT2D eigenvalue weighted by Crippen LogP contribution is 2.07. The Morgan fingerprint density at radius 3 is 2.64 bits per heavy atom. The van der Waals surface area contributed by atoms with Crippen molar-refractivity contribution >= 4 is 15.9 Å². The first-order chi connectivity index (χ1) is 6.88. The first kappa shape index (κ1) is 9.40. The predicted molar refractivity (Wildman–Crippen MR) is 56.2 cm³/mol. The van der Waals surface area contributed by atoms with Crippen LogP contribution in [0.5, 0.6) is 0 Å². The number of halogens is 1. The van der Waals surface area contributed by atoms with E-state index in [9.17, 15) is 0 Å². The topological polar surface area (TPSA) is 38.9 Å². The summed E-state index contributed by atoms with van der Waals surface area (Å²) in [4.78, 5) is 4.20. The molecular weight excluding hydrogens is 244 g/mol. The molecule has 0 N–H and O–H groups in total. The fraction of sp³-hybridized carbons (Fsp3) is 0.200. The van der Waals surface area contributed by atoms with Crippen molar-refractivity contribution < 1.29 is 4.52 Å². The molecule has 0 aliphatic carbocycles. The SMILES string of the molecule is BrCc1nc(Cc2ccccc2)no1. The van der Waals surface area contributed by atoms with Crippen molar-refractivity contribution in [2.75, 3.05) is 0 Å². The summed E-state index contributed by atoms with van der Waals surface area (Å²) in [6.45, 7) is 0. The van der Waals surface area contributed by atoms with Gasteiger partial charge in [-0.25, -0.2) is 0 Å². The molecule has 1 aromatic carbocycles. The summed E-state index contributed by atoms with van der Waals surface area (Å²) in [7, 11) is 0. The zero-order valence-corrected chi connectivity index (χ0v) is 9.07. The van der Waals surface area contributed by atoms with Crippen LogP contribution in [0.2, 0.25) is 0 Å². The van der Waals surface area contributed by atoms with Crippen molar-refractivity contribution in [3.8, 4) is 0 Å². The first-order valence-electron chi connectivity index (χ1n) is 4.30. The third-order valence-corrected chi connectivity index (χ3v) is 2.31. The molecule has 4 heteroatoms. The van der Waals surface area contributed by atoms with E-state index >= 15 is 0 Å². The maximum absolute atomic E-state index is 4.98. The van der Waals surface area contributed by atoms with Crippen LogP contribution in [0.1, 0.15) is 17.3 Å². The molecule has 0 bridgehead atoms. The normalized spacial score (nSPS) is 10.4. The lowest BCUT2D eigenvalue weighted by atomic mass is 10.1. The van der Waals surface area contributed by atoms with Gasteiger partial charge in [0.25, 0.3) is 0 Å². The molecule has 72 valence electrons.